The van der Waals surface area contributed by atoms with Crippen LogP contribution >= 0.6 is 39.3 Å². The summed E-state index contributed by atoms with van der Waals surface area (Å²) in [5.41, 5.74) is 0.654. The highest BCUT2D eigenvalue weighted by atomic mass is 79.9. The minimum atomic E-state index is -0.263. The van der Waals surface area contributed by atoms with Crippen molar-refractivity contribution < 1.29 is 4.39 Å². The molecule has 0 saturated heterocycles. The van der Waals surface area contributed by atoms with Gasteiger partial charge in [0, 0.05) is 31.7 Å². The number of hydrogen-bond acceptors (Lipinski definition) is 2. The molecular weight excluding hydrogens is 373 g/mol. The third-order valence-corrected chi connectivity index (χ3v) is 5.39. The Labute approximate surface area is 142 Å². The Bertz CT molecular complexity index is 609. The Hall–Kier alpha value is -0.550. The second-order valence-corrected chi connectivity index (χ2v) is 6.87. The molecule has 0 amide bonds. The maximum Gasteiger partial charge on any atom is 0.129 e. The summed E-state index contributed by atoms with van der Waals surface area (Å²) < 4.78 is 15.1. The van der Waals surface area contributed by atoms with Crippen molar-refractivity contribution in [3.05, 3.63) is 63.3 Å². The van der Waals surface area contributed by atoms with Gasteiger partial charge in [0.05, 0.1) is 0 Å². The van der Waals surface area contributed by atoms with Gasteiger partial charge in [-0.1, -0.05) is 36.7 Å². The van der Waals surface area contributed by atoms with Crippen molar-refractivity contribution >= 4 is 39.3 Å². The Morgan fingerprint density at radius 1 is 1.29 bits per heavy atom. The predicted molar refractivity (Wildman–Crippen MR) is 92.7 cm³/mol. The largest absolute Gasteiger partial charge is 0.309 e. The van der Waals surface area contributed by atoms with Crippen molar-refractivity contribution in [1.82, 2.24) is 5.32 Å². The molecule has 1 atom stereocenters. The van der Waals surface area contributed by atoms with E-state index in [4.69, 9.17) is 11.6 Å². The maximum atomic E-state index is 14.1. The molecule has 0 aliphatic heterocycles. The summed E-state index contributed by atoms with van der Waals surface area (Å²) in [4.78, 5) is 1.15. The summed E-state index contributed by atoms with van der Waals surface area (Å²) in [5, 5.41) is 3.75. The van der Waals surface area contributed by atoms with Gasteiger partial charge in [0.1, 0.15) is 5.82 Å². The van der Waals surface area contributed by atoms with Crippen molar-refractivity contribution in [2.75, 3.05) is 12.3 Å². The minimum Gasteiger partial charge on any atom is -0.309 e. The normalized spacial score (nSPS) is 12.4. The lowest BCUT2D eigenvalue weighted by Gasteiger charge is -2.19. The smallest absolute Gasteiger partial charge is 0.129 e. The monoisotopic (exact) mass is 387 g/mol. The molecule has 1 unspecified atom stereocenters. The first kappa shape index (κ1) is 16.8. The van der Waals surface area contributed by atoms with Crippen molar-refractivity contribution in [1.29, 1.82) is 0 Å². The number of nitrogens with one attached hydrogen (secondary N) is 1. The fourth-order valence-electron chi connectivity index (χ4n) is 2.02. The molecular formula is C16H16BrClFNS. The quantitative estimate of drug-likeness (QED) is 0.638. The Morgan fingerprint density at radius 2 is 2.05 bits per heavy atom. The highest BCUT2D eigenvalue weighted by Gasteiger charge is 2.16. The molecule has 0 aliphatic carbocycles. The zero-order chi connectivity index (χ0) is 15.2. The van der Waals surface area contributed by atoms with Gasteiger partial charge in [0.15, 0.2) is 0 Å². The molecule has 2 rings (SSSR count). The highest BCUT2D eigenvalue weighted by Crippen LogP contribution is 2.31. The molecule has 112 valence electrons. The van der Waals surface area contributed by atoms with Crippen LogP contribution in [0.15, 0.2) is 51.8 Å². The summed E-state index contributed by atoms with van der Waals surface area (Å²) in [7, 11) is 0. The second-order valence-electron chi connectivity index (χ2n) is 4.52. The SMILES string of the molecule is CCNC(CSc1ccccc1Br)c1ccc(Cl)cc1F. The average molecular weight is 389 g/mol. The molecule has 0 heterocycles. The van der Waals surface area contributed by atoms with Crippen LogP contribution in [-0.4, -0.2) is 12.3 Å². The first-order valence-corrected chi connectivity index (χ1v) is 8.83. The summed E-state index contributed by atoms with van der Waals surface area (Å²) in [6.07, 6.45) is 0. The van der Waals surface area contributed by atoms with Gasteiger partial charge in [0.2, 0.25) is 0 Å². The number of rotatable bonds is 6. The van der Waals surface area contributed by atoms with E-state index in [9.17, 15) is 4.39 Å². The van der Waals surface area contributed by atoms with E-state index >= 15 is 0 Å². The number of benzene rings is 2. The Kier molecular flexibility index (Phi) is 6.55. The lowest BCUT2D eigenvalue weighted by molar-refractivity contribution is 0.545. The van der Waals surface area contributed by atoms with Crippen molar-refractivity contribution in [2.45, 2.75) is 17.9 Å². The lowest BCUT2D eigenvalue weighted by Crippen LogP contribution is -2.24. The number of hydrogen-bond donors (Lipinski definition) is 1. The van der Waals surface area contributed by atoms with Crippen LogP contribution in [0.2, 0.25) is 5.02 Å². The Balaban J connectivity index is 2.14. The van der Waals surface area contributed by atoms with E-state index in [0.29, 0.717) is 10.6 Å². The molecule has 2 aromatic carbocycles. The van der Waals surface area contributed by atoms with Gasteiger partial charge < -0.3 is 5.32 Å². The van der Waals surface area contributed by atoms with E-state index < -0.39 is 0 Å². The average Bonchev–Trinajstić information content (AvgIpc) is 2.45. The molecule has 0 saturated carbocycles. The Morgan fingerprint density at radius 3 is 2.71 bits per heavy atom. The molecule has 0 spiro atoms. The molecule has 2 aromatic rings. The van der Waals surface area contributed by atoms with Crippen LogP contribution in [0.5, 0.6) is 0 Å². The van der Waals surface area contributed by atoms with Gasteiger partial charge in [-0.05, 0) is 46.7 Å². The summed E-state index contributed by atoms with van der Waals surface area (Å²) in [6, 6.07) is 12.8. The first-order chi connectivity index (χ1) is 10.1. The standard InChI is InChI=1S/C16H16BrClFNS/c1-2-20-15(12-8-7-11(18)9-14(12)19)10-21-16-6-4-3-5-13(16)17/h3-9,15,20H,2,10H2,1H3. The molecule has 5 heteroatoms. The van der Waals surface area contributed by atoms with Crippen molar-refractivity contribution in [2.24, 2.45) is 0 Å². The van der Waals surface area contributed by atoms with Gasteiger partial charge >= 0.3 is 0 Å². The fraction of sp³-hybridized carbons (Fsp3) is 0.250. The number of thioether (sulfide) groups is 1. The molecule has 0 aliphatic rings. The highest BCUT2D eigenvalue weighted by molar-refractivity contribution is 9.10. The predicted octanol–water partition coefficient (Wildman–Crippen LogP) is 5.68. The molecule has 1 N–H and O–H groups in total. The molecule has 0 aromatic heterocycles. The van der Waals surface area contributed by atoms with Crippen LogP contribution < -0.4 is 5.32 Å². The fourth-order valence-corrected chi connectivity index (χ4v) is 3.84. The van der Waals surface area contributed by atoms with Gasteiger partial charge in [-0.15, -0.1) is 11.8 Å². The van der Waals surface area contributed by atoms with Crippen LogP contribution in [0.4, 0.5) is 4.39 Å². The molecule has 0 fully saturated rings. The molecule has 0 bridgehead atoms. The van der Waals surface area contributed by atoms with Gasteiger partial charge in [-0.2, -0.15) is 0 Å². The topological polar surface area (TPSA) is 12.0 Å². The van der Waals surface area contributed by atoms with Gasteiger partial charge in [-0.25, -0.2) is 4.39 Å². The van der Waals surface area contributed by atoms with Crippen LogP contribution in [0.25, 0.3) is 0 Å². The van der Waals surface area contributed by atoms with Crippen molar-refractivity contribution in [3.63, 3.8) is 0 Å². The minimum absolute atomic E-state index is 0.0515. The summed E-state index contributed by atoms with van der Waals surface area (Å²) >= 11 is 11.0. The van der Waals surface area contributed by atoms with E-state index in [0.717, 1.165) is 21.7 Å². The van der Waals surface area contributed by atoms with Crippen molar-refractivity contribution in [3.8, 4) is 0 Å². The third-order valence-electron chi connectivity index (χ3n) is 3.03. The van der Waals surface area contributed by atoms with E-state index in [1.165, 1.54) is 6.07 Å². The maximum absolute atomic E-state index is 14.1. The third kappa shape index (κ3) is 4.71. The first-order valence-electron chi connectivity index (χ1n) is 6.67. The van der Waals surface area contributed by atoms with E-state index in [1.807, 2.05) is 25.1 Å². The van der Waals surface area contributed by atoms with E-state index in [-0.39, 0.29) is 11.9 Å². The zero-order valence-electron chi connectivity index (χ0n) is 11.6. The summed E-state index contributed by atoms with van der Waals surface area (Å²) in [5.74, 6) is 0.482. The van der Waals surface area contributed by atoms with Crippen LogP contribution in [0.3, 0.4) is 0 Å². The zero-order valence-corrected chi connectivity index (χ0v) is 14.7. The van der Waals surface area contributed by atoms with Crippen LogP contribution in [-0.2, 0) is 0 Å². The molecule has 0 radical (unpaired) electrons. The molecule has 21 heavy (non-hydrogen) atoms. The summed E-state index contributed by atoms with van der Waals surface area (Å²) in [6.45, 7) is 2.80. The molecule has 1 nitrogen and oxygen atoms in total. The van der Waals surface area contributed by atoms with E-state index in [2.05, 4.69) is 27.3 Å². The van der Waals surface area contributed by atoms with Gasteiger partial charge in [-0.3, -0.25) is 0 Å². The van der Waals surface area contributed by atoms with E-state index in [1.54, 1.807) is 23.9 Å². The van der Waals surface area contributed by atoms with Gasteiger partial charge in [0.25, 0.3) is 0 Å². The van der Waals surface area contributed by atoms with Crippen LogP contribution in [0.1, 0.15) is 18.5 Å². The second kappa shape index (κ2) is 8.18. The number of halogens is 3. The van der Waals surface area contributed by atoms with Crippen LogP contribution in [0, 0.1) is 5.82 Å². The lowest BCUT2D eigenvalue weighted by atomic mass is 10.1.